The van der Waals surface area contributed by atoms with Gasteiger partial charge in [0, 0.05) is 17.6 Å². The van der Waals surface area contributed by atoms with Gasteiger partial charge in [-0.05, 0) is 24.1 Å². The first-order chi connectivity index (χ1) is 7.35. The van der Waals surface area contributed by atoms with Crippen LogP contribution in [0.4, 0.5) is 0 Å². The first-order valence-electron chi connectivity index (χ1n) is 5.16. The van der Waals surface area contributed by atoms with E-state index in [0.29, 0.717) is 0 Å². The minimum absolute atomic E-state index is 0.205. The lowest BCUT2D eigenvalue weighted by molar-refractivity contribution is 0.539. The second kappa shape index (κ2) is 4.38. The second-order valence-electron chi connectivity index (χ2n) is 3.58. The zero-order valence-electron chi connectivity index (χ0n) is 8.77. The summed E-state index contributed by atoms with van der Waals surface area (Å²) in [6.07, 6.45) is 2.78. The average molecular weight is 201 g/mol. The molecule has 3 heteroatoms. The lowest BCUT2D eigenvalue weighted by Crippen LogP contribution is -2.27. The summed E-state index contributed by atoms with van der Waals surface area (Å²) in [5, 5.41) is 1.16. The zero-order chi connectivity index (χ0) is 10.7. The number of pyridine rings is 1. The molecule has 1 unspecified atom stereocenters. The molecule has 0 aliphatic rings. The van der Waals surface area contributed by atoms with Crippen molar-refractivity contribution in [3.63, 3.8) is 0 Å². The van der Waals surface area contributed by atoms with Gasteiger partial charge in [-0.3, -0.25) is 16.3 Å². The van der Waals surface area contributed by atoms with E-state index in [-0.39, 0.29) is 6.04 Å². The summed E-state index contributed by atoms with van der Waals surface area (Å²) in [6, 6.07) is 10.5. The van der Waals surface area contributed by atoms with E-state index in [1.165, 1.54) is 5.56 Å². The largest absolute Gasteiger partial charge is 0.271 e. The summed E-state index contributed by atoms with van der Waals surface area (Å²) in [5.41, 5.74) is 5.01. The van der Waals surface area contributed by atoms with E-state index in [1.54, 1.807) is 0 Å². The minimum Gasteiger partial charge on any atom is -0.271 e. The molecule has 0 spiro atoms. The third kappa shape index (κ3) is 1.98. The second-order valence-corrected chi connectivity index (χ2v) is 3.58. The highest BCUT2D eigenvalue weighted by Crippen LogP contribution is 2.20. The van der Waals surface area contributed by atoms with E-state index in [0.717, 1.165) is 17.3 Å². The highest BCUT2D eigenvalue weighted by molar-refractivity contribution is 5.78. The number of nitrogens with two attached hydrogens (primary N) is 1. The van der Waals surface area contributed by atoms with Crippen LogP contribution in [0.2, 0.25) is 0 Å². The van der Waals surface area contributed by atoms with Crippen LogP contribution in [0.3, 0.4) is 0 Å². The highest BCUT2D eigenvalue weighted by atomic mass is 15.2. The predicted octanol–water partition coefficient (Wildman–Crippen LogP) is 2.15. The van der Waals surface area contributed by atoms with Gasteiger partial charge in [0.25, 0.3) is 0 Å². The van der Waals surface area contributed by atoms with Crippen molar-refractivity contribution in [3.8, 4) is 0 Å². The van der Waals surface area contributed by atoms with Crippen molar-refractivity contribution in [1.29, 1.82) is 0 Å². The van der Waals surface area contributed by atoms with Crippen LogP contribution in [0.1, 0.15) is 24.9 Å². The molecule has 0 saturated heterocycles. The summed E-state index contributed by atoms with van der Waals surface area (Å²) < 4.78 is 0. The van der Waals surface area contributed by atoms with Crippen LogP contribution in [0, 0.1) is 0 Å². The normalized spacial score (nSPS) is 12.9. The number of rotatable bonds is 3. The van der Waals surface area contributed by atoms with Gasteiger partial charge >= 0.3 is 0 Å². The van der Waals surface area contributed by atoms with Gasteiger partial charge in [0.2, 0.25) is 0 Å². The molecule has 1 heterocycles. The number of benzene rings is 1. The molecule has 0 aliphatic carbocycles. The predicted molar refractivity (Wildman–Crippen MR) is 62.1 cm³/mol. The molecule has 1 atom stereocenters. The molecule has 3 nitrogen and oxygen atoms in total. The maximum atomic E-state index is 5.49. The quantitative estimate of drug-likeness (QED) is 0.591. The first-order valence-corrected chi connectivity index (χ1v) is 5.16. The highest BCUT2D eigenvalue weighted by Gasteiger charge is 2.07. The Morgan fingerprint density at radius 1 is 1.40 bits per heavy atom. The molecule has 2 aromatic rings. The molecule has 78 valence electrons. The molecule has 0 fully saturated rings. The fraction of sp³-hybridized carbons (Fsp3) is 0.250. The molecular weight excluding hydrogens is 186 g/mol. The smallest absolute Gasteiger partial charge is 0.0705 e. The van der Waals surface area contributed by atoms with Crippen LogP contribution in [0.25, 0.3) is 10.9 Å². The maximum absolute atomic E-state index is 5.49. The topological polar surface area (TPSA) is 50.9 Å². The molecular formula is C12H15N3. The van der Waals surface area contributed by atoms with Gasteiger partial charge < -0.3 is 0 Å². The van der Waals surface area contributed by atoms with Crippen LogP contribution in [0.5, 0.6) is 0 Å². The summed E-state index contributed by atoms with van der Waals surface area (Å²) in [4.78, 5) is 4.32. The van der Waals surface area contributed by atoms with Crippen molar-refractivity contribution >= 4 is 10.9 Å². The van der Waals surface area contributed by atoms with Crippen molar-refractivity contribution in [3.05, 3.63) is 42.1 Å². The Morgan fingerprint density at radius 3 is 3.00 bits per heavy atom. The van der Waals surface area contributed by atoms with E-state index < -0.39 is 0 Å². The van der Waals surface area contributed by atoms with Crippen molar-refractivity contribution in [2.24, 2.45) is 5.84 Å². The Kier molecular flexibility index (Phi) is 2.94. The van der Waals surface area contributed by atoms with E-state index in [9.17, 15) is 0 Å². The third-order valence-electron chi connectivity index (χ3n) is 2.64. The molecule has 15 heavy (non-hydrogen) atoms. The lowest BCUT2D eigenvalue weighted by Gasteiger charge is -2.14. The standard InChI is InChI=1S/C12H15N3/c1-2-11(15-13)10-6-5-9-4-3-7-14-12(9)8-10/h3-8,11,15H,2,13H2,1H3. The Hall–Kier alpha value is -1.45. The molecule has 0 saturated carbocycles. The van der Waals surface area contributed by atoms with Crippen LogP contribution in [0.15, 0.2) is 36.5 Å². The van der Waals surface area contributed by atoms with Gasteiger partial charge in [-0.2, -0.15) is 0 Å². The molecule has 0 amide bonds. The molecule has 2 rings (SSSR count). The van der Waals surface area contributed by atoms with Gasteiger partial charge in [0.1, 0.15) is 0 Å². The number of nitrogens with zero attached hydrogens (tertiary/aromatic N) is 1. The van der Waals surface area contributed by atoms with Crippen molar-refractivity contribution in [2.75, 3.05) is 0 Å². The van der Waals surface area contributed by atoms with Crippen molar-refractivity contribution in [1.82, 2.24) is 10.4 Å². The number of hydrogen-bond acceptors (Lipinski definition) is 3. The van der Waals surface area contributed by atoms with Gasteiger partial charge in [-0.1, -0.05) is 25.1 Å². The summed E-state index contributed by atoms with van der Waals surface area (Å²) in [7, 11) is 0. The summed E-state index contributed by atoms with van der Waals surface area (Å²) >= 11 is 0. The number of hydrazine groups is 1. The molecule has 0 radical (unpaired) electrons. The van der Waals surface area contributed by atoms with E-state index in [2.05, 4.69) is 41.6 Å². The fourth-order valence-electron chi connectivity index (χ4n) is 1.75. The van der Waals surface area contributed by atoms with Crippen LogP contribution >= 0.6 is 0 Å². The van der Waals surface area contributed by atoms with E-state index >= 15 is 0 Å². The molecule has 1 aromatic carbocycles. The summed E-state index contributed by atoms with van der Waals surface area (Å²) in [5.74, 6) is 5.49. The number of fused-ring (bicyclic) bond motifs is 1. The Labute approximate surface area is 89.3 Å². The minimum atomic E-state index is 0.205. The molecule has 3 N–H and O–H groups in total. The fourth-order valence-corrected chi connectivity index (χ4v) is 1.75. The number of hydrogen-bond donors (Lipinski definition) is 2. The zero-order valence-corrected chi connectivity index (χ0v) is 8.77. The molecule has 0 bridgehead atoms. The Morgan fingerprint density at radius 2 is 2.27 bits per heavy atom. The summed E-state index contributed by atoms with van der Waals surface area (Å²) in [6.45, 7) is 2.10. The van der Waals surface area contributed by atoms with E-state index in [1.807, 2.05) is 12.3 Å². The van der Waals surface area contributed by atoms with Crippen LogP contribution < -0.4 is 11.3 Å². The monoisotopic (exact) mass is 201 g/mol. The number of aromatic nitrogens is 1. The average Bonchev–Trinajstić information content (AvgIpc) is 2.30. The third-order valence-corrected chi connectivity index (χ3v) is 2.64. The van der Waals surface area contributed by atoms with Gasteiger partial charge in [0.05, 0.1) is 5.52 Å². The molecule has 0 aliphatic heterocycles. The van der Waals surface area contributed by atoms with Gasteiger partial charge in [0.15, 0.2) is 0 Å². The van der Waals surface area contributed by atoms with Crippen LogP contribution in [-0.2, 0) is 0 Å². The SMILES string of the molecule is CCC(NN)c1ccc2cccnc2c1. The van der Waals surface area contributed by atoms with Crippen molar-refractivity contribution in [2.45, 2.75) is 19.4 Å². The van der Waals surface area contributed by atoms with Gasteiger partial charge in [-0.25, -0.2) is 0 Å². The maximum Gasteiger partial charge on any atom is 0.0705 e. The number of nitrogens with one attached hydrogen (secondary N) is 1. The van der Waals surface area contributed by atoms with E-state index in [4.69, 9.17) is 5.84 Å². The molecule has 1 aromatic heterocycles. The van der Waals surface area contributed by atoms with Gasteiger partial charge in [-0.15, -0.1) is 0 Å². The van der Waals surface area contributed by atoms with Crippen molar-refractivity contribution < 1.29 is 0 Å². The lowest BCUT2D eigenvalue weighted by atomic mass is 10.0. The Balaban J connectivity index is 2.46. The van der Waals surface area contributed by atoms with Crippen LogP contribution in [-0.4, -0.2) is 4.98 Å². The Bertz CT molecular complexity index is 449. The first kappa shape index (κ1) is 10.1.